The number of nitrogens with one attached hydrogen (secondary N) is 6. The topological polar surface area (TPSA) is 147 Å². The third kappa shape index (κ3) is 5.83. The van der Waals surface area contributed by atoms with Crippen molar-refractivity contribution in [2.45, 2.75) is 32.6 Å². The molecule has 10 heteroatoms. The Bertz CT molecular complexity index is 1960. The molecule has 0 spiro atoms. The number of fused-ring (bicyclic) bond motifs is 2. The van der Waals surface area contributed by atoms with E-state index in [1.54, 1.807) is 0 Å². The SMILES string of the molecule is CC1CC2CC1C(COC(=O)Cc1cc(-c3ccc[nH]3)[nH]c1-c1ccc[nH]1)C2COC(=O)Cc1cc(-c2ccc[nH]2)[nH]c1-c1ccc[nH]1. The first-order valence-corrected chi connectivity index (χ1v) is 16.8. The van der Waals surface area contributed by atoms with Crippen LogP contribution in [0, 0.1) is 29.6 Å². The van der Waals surface area contributed by atoms with Crippen LogP contribution in [0.2, 0.25) is 0 Å². The number of aromatic nitrogens is 6. The smallest absolute Gasteiger partial charge is 0.310 e. The fourth-order valence-electron chi connectivity index (χ4n) is 8.25. The van der Waals surface area contributed by atoms with E-state index in [4.69, 9.17) is 9.47 Å². The molecule has 5 atom stereocenters. The molecule has 10 nitrogen and oxygen atoms in total. The quantitative estimate of drug-likeness (QED) is 0.0789. The van der Waals surface area contributed by atoms with Crippen LogP contribution in [-0.2, 0) is 31.9 Å². The number of carbonyl (C=O) groups excluding carboxylic acids is 2. The predicted octanol–water partition coefficient (Wildman–Crippen LogP) is 7.10. The van der Waals surface area contributed by atoms with Gasteiger partial charge in [0.2, 0.25) is 0 Å². The van der Waals surface area contributed by atoms with E-state index in [0.29, 0.717) is 31.0 Å². The van der Waals surface area contributed by atoms with Crippen LogP contribution in [0.3, 0.4) is 0 Å². The van der Waals surface area contributed by atoms with Gasteiger partial charge in [-0.15, -0.1) is 0 Å². The molecule has 48 heavy (non-hydrogen) atoms. The van der Waals surface area contributed by atoms with E-state index < -0.39 is 0 Å². The normalized spacial score (nSPS) is 21.6. The molecule has 2 saturated carbocycles. The highest BCUT2D eigenvalue weighted by Gasteiger charge is 2.51. The lowest BCUT2D eigenvalue weighted by Gasteiger charge is -2.33. The summed E-state index contributed by atoms with van der Waals surface area (Å²) in [6.07, 6.45) is 10.0. The van der Waals surface area contributed by atoms with E-state index in [0.717, 1.165) is 69.5 Å². The molecule has 6 aromatic rings. The molecule has 0 aliphatic heterocycles. The van der Waals surface area contributed by atoms with Crippen molar-refractivity contribution in [2.24, 2.45) is 29.6 Å². The van der Waals surface area contributed by atoms with Gasteiger partial charge in [0.05, 0.1) is 71.6 Å². The lowest BCUT2D eigenvalue weighted by molar-refractivity contribution is -0.150. The van der Waals surface area contributed by atoms with Gasteiger partial charge in [0.25, 0.3) is 0 Å². The van der Waals surface area contributed by atoms with Gasteiger partial charge in [-0.1, -0.05) is 6.92 Å². The minimum absolute atomic E-state index is 0.159. The Morgan fingerprint density at radius 1 is 0.625 bits per heavy atom. The van der Waals surface area contributed by atoms with E-state index in [1.807, 2.05) is 85.5 Å². The Balaban J connectivity index is 0.922. The van der Waals surface area contributed by atoms with Crippen molar-refractivity contribution in [2.75, 3.05) is 13.2 Å². The molecule has 8 rings (SSSR count). The van der Waals surface area contributed by atoms with Gasteiger partial charge in [-0.25, -0.2) is 0 Å². The Morgan fingerprint density at radius 2 is 1.08 bits per heavy atom. The fraction of sp³-hybridized carbons (Fsp3) is 0.316. The highest BCUT2D eigenvalue weighted by Crippen LogP contribution is 2.55. The van der Waals surface area contributed by atoms with Crippen molar-refractivity contribution < 1.29 is 19.1 Å². The number of hydrogen-bond donors (Lipinski definition) is 6. The molecular weight excluding hydrogens is 604 g/mol. The predicted molar refractivity (Wildman–Crippen MR) is 182 cm³/mol. The zero-order valence-corrected chi connectivity index (χ0v) is 26.8. The molecule has 246 valence electrons. The summed E-state index contributed by atoms with van der Waals surface area (Å²) in [6, 6.07) is 19.8. The molecule has 0 amide bonds. The molecular formula is C38H40N6O4. The molecule has 0 saturated heterocycles. The summed E-state index contributed by atoms with van der Waals surface area (Å²) < 4.78 is 12.0. The van der Waals surface area contributed by atoms with Crippen LogP contribution in [0.25, 0.3) is 45.6 Å². The summed E-state index contributed by atoms with van der Waals surface area (Å²) in [5.41, 5.74) is 9.07. The average Bonchev–Trinajstić information content (AvgIpc) is 3.91. The van der Waals surface area contributed by atoms with Gasteiger partial charge in [0.15, 0.2) is 0 Å². The summed E-state index contributed by atoms with van der Waals surface area (Å²) in [7, 11) is 0. The molecule has 0 aromatic carbocycles. The minimum Gasteiger partial charge on any atom is -0.465 e. The number of H-pyrrole nitrogens is 6. The van der Waals surface area contributed by atoms with Gasteiger partial charge in [0, 0.05) is 36.6 Å². The van der Waals surface area contributed by atoms with Crippen LogP contribution in [0.5, 0.6) is 0 Å². The molecule has 0 radical (unpaired) electrons. The van der Waals surface area contributed by atoms with Crippen molar-refractivity contribution in [1.82, 2.24) is 29.9 Å². The summed E-state index contributed by atoms with van der Waals surface area (Å²) >= 11 is 0. The molecule has 6 N–H and O–H groups in total. The van der Waals surface area contributed by atoms with Crippen LogP contribution in [0.4, 0.5) is 0 Å². The van der Waals surface area contributed by atoms with Gasteiger partial charge < -0.3 is 39.4 Å². The monoisotopic (exact) mass is 644 g/mol. The molecule has 6 heterocycles. The van der Waals surface area contributed by atoms with E-state index >= 15 is 0 Å². The first kappa shape index (κ1) is 30.0. The van der Waals surface area contributed by atoms with Gasteiger partial charge in [-0.2, -0.15) is 0 Å². The summed E-state index contributed by atoms with van der Waals surface area (Å²) in [5, 5.41) is 0. The van der Waals surface area contributed by atoms with E-state index in [1.165, 1.54) is 0 Å². The standard InChI is InChI=1S/C38H40N6O4/c1-22-14-23-15-26(22)28(21-48-36(46)19-25-17-34(30-7-3-11-40-30)44-38(25)32-9-5-13-42-32)27(23)20-47-35(45)18-24-16-33(29-6-2-10-39-29)43-37(24)31-8-4-12-41-31/h2-13,16-17,22-23,26-28,39-44H,14-15,18-21H2,1H3. The van der Waals surface area contributed by atoms with Gasteiger partial charge >= 0.3 is 11.9 Å². The molecule has 5 unspecified atom stereocenters. The zero-order chi connectivity index (χ0) is 32.6. The maximum atomic E-state index is 13.3. The molecule has 2 aliphatic rings. The second-order valence-corrected chi connectivity index (χ2v) is 13.4. The maximum absolute atomic E-state index is 13.3. The first-order chi connectivity index (χ1) is 23.5. The second-order valence-electron chi connectivity index (χ2n) is 13.4. The molecule has 6 aromatic heterocycles. The van der Waals surface area contributed by atoms with Crippen molar-refractivity contribution in [3.05, 3.63) is 96.6 Å². The largest absolute Gasteiger partial charge is 0.465 e. The fourth-order valence-corrected chi connectivity index (χ4v) is 8.25. The number of rotatable bonds is 12. The highest BCUT2D eigenvalue weighted by atomic mass is 16.5. The van der Waals surface area contributed by atoms with Crippen LogP contribution in [0.1, 0.15) is 30.9 Å². The summed E-state index contributed by atoms with van der Waals surface area (Å²) in [4.78, 5) is 46.5. The first-order valence-electron chi connectivity index (χ1n) is 16.8. The second kappa shape index (κ2) is 12.7. The number of esters is 2. The Labute approximate surface area is 278 Å². The van der Waals surface area contributed by atoms with Crippen molar-refractivity contribution >= 4 is 11.9 Å². The lowest BCUT2D eigenvalue weighted by atomic mass is 9.75. The average molecular weight is 645 g/mol. The lowest BCUT2D eigenvalue weighted by Crippen LogP contribution is -2.34. The van der Waals surface area contributed by atoms with Crippen LogP contribution in [0.15, 0.2) is 85.5 Å². The van der Waals surface area contributed by atoms with Crippen LogP contribution in [-0.4, -0.2) is 55.1 Å². The Hall–Kier alpha value is -5.38. The van der Waals surface area contributed by atoms with Crippen molar-refractivity contribution in [1.29, 1.82) is 0 Å². The molecule has 2 fully saturated rings. The Morgan fingerprint density at radius 3 is 1.54 bits per heavy atom. The summed E-state index contributed by atoms with van der Waals surface area (Å²) in [6.45, 7) is 2.98. The summed E-state index contributed by atoms with van der Waals surface area (Å²) in [5.74, 6) is 1.32. The third-order valence-corrected chi connectivity index (χ3v) is 10.5. The van der Waals surface area contributed by atoms with Gasteiger partial charge in [0.1, 0.15) is 0 Å². The van der Waals surface area contributed by atoms with E-state index in [-0.39, 0.29) is 36.6 Å². The molecule has 2 aliphatic carbocycles. The van der Waals surface area contributed by atoms with Crippen LogP contribution >= 0.6 is 0 Å². The number of aromatic amines is 6. The third-order valence-electron chi connectivity index (χ3n) is 10.5. The van der Waals surface area contributed by atoms with E-state index in [2.05, 4.69) is 36.8 Å². The number of ether oxygens (including phenoxy) is 2. The maximum Gasteiger partial charge on any atom is 0.310 e. The van der Waals surface area contributed by atoms with Gasteiger partial charge in [-0.3, -0.25) is 9.59 Å². The number of hydrogen-bond acceptors (Lipinski definition) is 4. The minimum atomic E-state index is -0.256. The number of carbonyl (C=O) groups is 2. The molecule has 2 bridgehead atoms. The van der Waals surface area contributed by atoms with Crippen molar-refractivity contribution in [3.8, 4) is 45.6 Å². The van der Waals surface area contributed by atoms with Crippen LogP contribution < -0.4 is 0 Å². The highest BCUT2D eigenvalue weighted by molar-refractivity contribution is 5.79. The zero-order valence-electron chi connectivity index (χ0n) is 26.8. The van der Waals surface area contributed by atoms with Crippen molar-refractivity contribution in [3.63, 3.8) is 0 Å². The van der Waals surface area contributed by atoms with E-state index in [9.17, 15) is 9.59 Å². The van der Waals surface area contributed by atoms with Gasteiger partial charge in [-0.05, 0) is 102 Å². The Kier molecular flexibility index (Phi) is 7.92.